The van der Waals surface area contributed by atoms with Gasteiger partial charge in [0.05, 0.1) is 0 Å². The maximum atomic E-state index is 2.46. The molecular formula is C52H39NS. The van der Waals surface area contributed by atoms with E-state index in [1.807, 2.05) is 11.3 Å². The maximum absolute atomic E-state index is 2.46. The van der Waals surface area contributed by atoms with E-state index in [2.05, 4.69) is 196 Å². The van der Waals surface area contributed by atoms with E-state index >= 15 is 0 Å². The highest BCUT2D eigenvalue weighted by atomic mass is 32.1. The number of nitrogens with zero attached hydrogens (tertiary/aromatic N) is 1. The van der Waals surface area contributed by atoms with Crippen LogP contribution in [0.5, 0.6) is 0 Å². The smallest absolute Gasteiger partial charge is 0.0468 e. The van der Waals surface area contributed by atoms with Crippen LogP contribution in [0.3, 0.4) is 0 Å². The zero-order valence-electron chi connectivity index (χ0n) is 30.9. The van der Waals surface area contributed by atoms with Crippen LogP contribution in [0.4, 0.5) is 17.1 Å². The third-order valence-corrected chi connectivity index (χ3v) is 13.7. The molecule has 0 radical (unpaired) electrons. The van der Waals surface area contributed by atoms with Gasteiger partial charge in [-0.25, -0.2) is 0 Å². The molecule has 2 heteroatoms. The molecule has 0 unspecified atom stereocenters. The summed E-state index contributed by atoms with van der Waals surface area (Å²) >= 11 is 1.90. The molecule has 54 heavy (non-hydrogen) atoms. The molecule has 0 spiro atoms. The van der Waals surface area contributed by atoms with E-state index in [1.54, 1.807) is 0 Å². The maximum Gasteiger partial charge on any atom is 0.0468 e. The summed E-state index contributed by atoms with van der Waals surface area (Å²) in [4.78, 5) is 2.46. The Morgan fingerprint density at radius 1 is 0.407 bits per heavy atom. The van der Waals surface area contributed by atoms with Crippen molar-refractivity contribution in [3.8, 4) is 33.4 Å². The fourth-order valence-corrected chi connectivity index (χ4v) is 11.0. The minimum atomic E-state index is -0.0455. The Labute approximate surface area is 320 Å². The van der Waals surface area contributed by atoms with Gasteiger partial charge < -0.3 is 4.90 Å². The normalized spacial score (nSPS) is 14.6. The van der Waals surface area contributed by atoms with Gasteiger partial charge in [0.25, 0.3) is 0 Å². The summed E-state index contributed by atoms with van der Waals surface area (Å²) in [5.41, 5.74) is 16.8. The number of fused-ring (bicyclic) bond motifs is 10. The first kappa shape index (κ1) is 31.6. The second kappa shape index (κ2) is 11.3. The Morgan fingerprint density at radius 3 is 1.54 bits per heavy atom. The Hall–Kier alpha value is -5.96. The molecule has 0 bridgehead atoms. The molecule has 0 N–H and O–H groups in total. The molecule has 0 saturated heterocycles. The lowest BCUT2D eigenvalue weighted by Gasteiger charge is -2.28. The lowest BCUT2D eigenvalue weighted by Crippen LogP contribution is -2.16. The Morgan fingerprint density at radius 2 is 0.907 bits per heavy atom. The van der Waals surface area contributed by atoms with Crippen LogP contribution in [0.15, 0.2) is 164 Å². The van der Waals surface area contributed by atoms with Gasteiger partial charge in [0.2, 0.25) is 0 Å². The number of hydrogen-bond donors (Lipinski definition) is 0. The Kier molecular flexibility index (Phi) is 6.59. The molecule has 0 atom stereocenters. The molecule has 0 saturated carbocycles. The minimum Gasteiger partial charge on any atom is -0.310 e. The third-order valence-electron chi connectivity index (χ3n) is 12.5. The molecule has 0 aliphatic heterocycles. The molecule has 1 heterocycles. The largest absolute Gasteiger partial charge is 0.310 e. The number of hydrogen-bond acceptors (Lipinski definition) is 2. The quantitative estimate of drug-likeness (QED) is 0.176. The average molecular weight is 710 g/mol. The van der Waals surface area contributed by atoms with Crippen molar-refractivity contribution in [3.63, 3.8) is 0 Å². The van der Waals surface area contributed by atoms with Gasteiger partial charge in [-0.2, -0.15) is 0 Å². The van der Waals surface area contributed by atoms with Crippen LogP contribution in [0.25, 0.3) is 64.3 Å². The van der Waals surface area contributed by atoms with Gasteiger partial charge in [-0.05, 0) is 109 Å². The summed E-state index contributed by atoms with van der Waals surface area (Å²) in [5, 5.41) is 5.23. The first-order valence-electron chi connectivity index (χ1n) is 19.0. The van der Waals surface area contributed by atoms with Crippen LogP contribution < -0.4 is 4.90 Å². The fraction of sp³-hybridized carbons (Fsp3) is 0.115. The van der Waals surface area contributed by atoms with Crippen LogP contribution in [-0.4, -0.2) is 0 Å². The molecule has 2 aliphatic carbocycles. The fourth-order valence-electron chi connectivity index (χ4n) is 9.73. The predicted octanol–water partition coefficient (Wildman–Crippen LogP) is 15.0. The van der Waals surface area contributed by atoms with Crippen LogP contribution in [0.2, 0.25) is 0 Å². The van der Waals surface area contributed by atoms with E-state index in [-0.39, 0.29) is 10.8 Å². The summed E-state index contributed by atoms with van der Waals surface area (Å²) in [5.74, 6) is 0. The van der Waals surface area contributed by atoms with Crippen molar-refractivity contribution in [1.82, 2.24) is 0 Å². The minimum absolute atomic E-state index is 0.0455. The van der Waals surface area contributed by atoms with Gasteiger partial charge in [-0.3, -0.25) is 0 Å². The number of rotatable bonds is 4. The second-order valence-corrected chi connectivity index (χ2v) is 17.2. The van der Waals surface area contributed by atoms with E-state index in [1.165, 1.54) is 86.6 Å². The van der Waals surface area contributed by atoms with Gasteiger partial charge in [0.15, 0.2) is 0 Å². The van der Waals surface area contributed by atoms with Crippen molar-refractivity contribution in [2.45, 2.75) is 38.5 Å². The number of benzene rings is 8. The molecule has 258 valence electrons. The summed E-state index contributed by atoms with van der Waals surface area (Å²) in [6.45, 7) is 9.42. The number of thiophene rings is 1. The van der Waals surface area contributed by atoms with E-state index in [0.29, 0.717) is 0 Å². The van der Waals surface area contributed by atoms with Gasteiger partial charge >= 0.3 is 0 Å². The Balaban J connectivity index is 1.11. The summed E-state index contributed by atoms with van der Waals surface area (Å²) in [6, 6.07) is 61.5. The molecule has 2 aliphatic rings. The average Bonchev–Trinajstić information content (AvgIpc) is 3.77. The van der Waals surface area contributed by atoms with E-state index in [0.717, 1.165) is 17.1 Å². The third kappa shape index (κ3) is 4.38. The van der Waals surface area contributed by atoms with Crippen molar-refractivity contribution in [2.24, 2.45) is 0 Å². The standard InChI is InChI=1S/C52H39NS/c1-51(2)44-18-10-7-15-38(44)41-30-35(25-27-46(41)51)53(36-26-28-47-42(31-36)39-16-8-11-19-45(39)52(47,3)4)34-23-21-32(22-24-34)49-37-14-6-5-13-33(37)29-43-40-17-9-12-20-48(40)54-50(43)49/h5-31H,1-4H3. The molecule has 0 amide bonds. The summed E-state index contributed by atoms with van der Waals surface area (Å²) in [7, 11) is 0. The van der Waals surface area contributed by atoms with Crippen molar-refractivity contribution in [1.29, 1.82) is 0 Å². The molecule has 8 aromatic carbocycles. The van der Waals surface area contributed by atoms with E-state index in [9.17, 15) is 0 Å². The molecule has 11 rings (SSSR count). The van der Waals surface area contributed by atoms with Crippen LogP contribution >= 0.6 is 11.3 Å². The first-order valence-corrected chi connectivity index (χ1v) is 19.8. The van der Waals surface area contributed by atoms with Gasteiger partial charge in [-0.15, -0.1) is 11.3 Å². The van der Waals surface area contributed by atoms with E-state index < -0.39 is 0 Å². The molecule has 1 aromatic heterocycles. The zero-order valence-corrected chi connectivity index (χ0v) is 31.8. The highest BCUT2D eigenvalue weighted by molar-refractivity contribution is 7.26. The predicted molar refractivity (Wildman–Crippen MR) is 232 cm³/mol. The molecule has 1 nitrogen and oxygen atoms in total. The van der Waals surface area contributed by atoms with Crippen molar-refractivity contribution >= 4 is 59.3 Å². The highest BCUT2D eigenvalue weighted by Gasteiger charge is 2.37. The topological polar surface area (TPSA) is 3.24 Å². The zero-order chi connectivity index (χ0) is 36.3. The lowest BCUT2D eigenvalue weighted by molar-refractivity contribution is 0.660. The van der Waals surface area contributed by atoms with Crippen molar-refractivity contribution in [2.75, 3.05) is 4.90 Å². The van der Waals surface area contributed by atoms with Crippen molar-refractivity contribution < 1.29 is 0 Å². The molecule has 9 aromatic rings. The Bertz CT molecular complexity index is 2890. The van der Waals surface area contributed by atoms with E-state index in [4.69, 9.17) is 0 Å². The van der Waals surface area contributed by atoms with Gasteiger partial charge in [0, 0.05) is 53.6 Å². The highest BCUT2D eigenvalue weighted by Crippen LogP contribution is 2.53. The van der Waals surface area contributed by atoms with Crippen LogP contribution in [0.1, 0.15) is 49.9 Å². The van der Waals surface area contributed by atoms with Crippen molar-refractivity contribution in [3.05, 3.63) is 186 Å². The van der Waals surface area contributed by atoms with Gasteiger partial charge in [0.1, 0.15) is 0 Å². The summed E-state index contributed by atoms with van der Waals surface area (Å²) < 4.78 is 2.67. The number of anilines is 3. The molecule has 0 fully saturated rings. The van der Waals surface area contributed by atoms with Gasteiger partial charge in [-0.1, -0.05) is 143 Å². The second-order valence-electron chi connectivity index (χ2n) is 16.1. The SMILES string of the molecule is CC1(C)c2ccccc2-c2cc(N(c3ccc(-c4c5ccccc5cc5c4sc4ccccc45)cc3)c3ccc4c(c3)-c3ccccc3C4(C)C)ccc21. The first-order chi connectivity index (χ1) is 26.3. The molecular weight excluding hydrogens is 671 g/mol. The summed E-state index contributed by atoms with van der Waals surface area (Å²) in [6.07, 6.45) is 0. The van der Waals surface area contributed by atoms with Crippen LogP contribution in [-0.2, 0) is 10.8 Å². The lowest BCUT2D eigenvalue weighted by atomic mass is 9.82. The monoisotopic (exact) mass is 709 g/mol. The van der Waals surface area contributed by atoms with Crippen LogP contribution in [0, 0.1) is 0 Å².